The summed E-state index contributed by atoms with van der Waals surface area (Å²) in [4.78, 5) is 24.2. The molecule has 3 rings (SSSR count). The smallest absolute Gasteiger partial charge is 0.343 e. The molecule has 0 spiro atoms. The van der Waals surface area contributed by atoms with Crippen molar-refractivity contribution in [2.45, 2.75) is 32.6 Å². The van der Waals surface area contributed by atoms with Crippen molar-refractivity contribution in [3.8, 4) is 11.5 Å². The molecule has 1 saturated carbocycles. The zero-order valence-corrected chi connectivity index (χ0v) is 14.3. The van der Waals surface area contributed by atoms with Gasteiger partial charge < -0.3 is 9.47 Å². The van der Waals surface area contributed by atoms with E-state index >= 15 is 0 Å². The molecule has 0 N–H and O–H groups in total. The van der Waals surface area contributed by atoms with Crippen LogP contribution < -0.4 is 9.47 Å². The van der Waals surface area contributed by atoms with Crippen LogP contribution in [0.3, 0.4) is 0 Å². The summed E-state index contributed by atoms with van der Waals surface area (Å²) < 4.78 is 10.8. The van der Waals surface area contributed by atoms with Gasteiger partial charge >= 0.3 is 11.9 Å². The highest BCUT2D eigenvalue weighted by Crippen LogP contribution is 2.29. The predicted molar refractivity (Wildman–Crippen MR) is 94.6 cm³/mol. The zero-order valence-electron chi connectivity index (χ0n) is 14.3. The molecule has 2 aromatic rings. The first-order valence-electron chi connectivity index (χ1n) is 8.71. The minimum atomic E-state index is -0.415. The summed E-state index contributed by atoms with van der Waals surface area (Å²) in [6, 6.07) is 15.4. The second kappa shape index (κ2) is 7.97. The molecule has 2 aromatic carbocycles. The maximum absolute atomic E-state index is 12.2. The summed E-state index contributed by atoms with van der Waals surface area (Å²) in [6.45, 7) is 2.22. The topological polar surface area (TPSA) is 52.6 Å². The van der Waals surface area contributed by atoms with Gasteiger partial charge in [0.15, 0.2) is 0 Å². The van der Waals surface area contributed by atoms with Gasteiger partial charge in [0.2, 0.25) is 0 Å². The maximum Gasteiger partial charge on any atom is 0.343 e. The summed E-state index contributed by atoms with van der Waals surface area (Å²) in [6.07, 6.45) is 3.95. The first kappa shape index (κ1) is 17.2. The normalized spacial score (nSPS) is 19.9. The molecule has 130 valence electrons. The quantitative estimate of drug-likeness (QED) is 0.602. The van der Waals surface area contributed by atoms with Crippen LogP contribution in [0.1, 0.15) is 43.0 Å². The standard InChI is InChI=1S/C21H22O4/c1-15-7-9-17(10-8-15)21(23)25-19-13-11-18(12-14-19)24-20(22)16-5-3-2-4-6-16/h2-6,11-15,17H,7-10H2,1H3. The van der Waals surface area contributed by atoms with Crippen molar-refractivity contribution >= 4 is 11.9 Å². The van der Waals surface area contributed by atoms with Crippen molar-refractivity contribution in [3.63, 3.8) is 0 Å². The Labute approximate surface area is 147 Å². The molecule has 4 heteroatoms. The second-order valence-corrected chi connectivity index (χ2v) is 6.60. The van der Waals surface area contributed by atoms with E-state index in [4.69, 9.17) is 9.47 Å². The molecule has 0 saturated heterocycles. The Bertz CT molecular complexity index is 713. The van der Waals surface area contributed by atoms with Crippen LogP contribution in [-0.4, -0.2) is 11.9 Å². The van der Waals surface area contributed by atoms with Crippen LogP contribution in [0, 0.1) is 11.8 Å². The van der Waals surface area contributed by atoms with Crippen LogP contribution in [-0.2, 0) is 4.79 Å². The summed E-state index contributed by atoms with van der Waals surface area (Å²) in [5.74, 6) is 1.00. The predicted octanol–water partition coefficient (Wildman–Crippen LogP) is 4.64. The molecular weight excluding hydrogens is 316 g/mol. The summed E-state index contributed by atoms with van der Waals surface area (Å²) >= 11 is 0. The van der Waals surface area contributed by atoms with Gasteiger partial charge in [0.1, 0.15) is 11.5 Å². The van der Waals surface area contributed by atoms with Crippen molar-refractivity contribution in [2.24, 2.45) is 11.8 Å². The van der Waals surface area contributed by atoms with E-state index in [1.54, 1.807) is 48.5 Å². The van der Waals surface area contributed by atoms with Gasteiger partial charge in [-0.05, 0) is 68.0 Å². The Hall–Kier alpha value is -2.62. The van der Waals surface area contributed by atoms with E-state index in [1.807, 2.05) is 6.07 Å². The lowest BCUT2D eigenvalue weighted by molar-refractivity contribution is -0.140. The summed E-state index contributed by atoms with van der Waals surface area (Å²) in [5.41, 5.74) is 0.490. The molecule has 0 radical (unpaired) electrons. The number of esters is 2. The Morgan fingerprint density at radius 1 is 0.800 bits per heavy atom. The molecule has 0 heterocycles. The Morgan fingerprint density at radius 3 is 1.96 bits per heavy atom. The van der Waals surface area contributed by atoms with Gasteiger partial charge in [-0.2, -0.15) is 0 Å². The van der Waals surface area contributed by atoms with Gasteiger partial charge in [0, 0.05) is 0 Å². The third kappa shape index (κ3) is 4.69. The van der Waals surface area contributed by atoms with Crippen molar-refractivity contribution in [1.29, 1.82) is 0 Å². The van der Waals surface area contributed by atoms with Crippen LogP contribution in [0.25, 0.3) is 0 Å². The lowest BCUT2D eigenvalue weighted by Crippen LogP contribution is -2.24. The molecule has 1 fully saturated rings. The number of ether oxygens (including phenoxy) is 2. The maximum atomic E-state index is 12.2. The fraction of sp³-hybridized carbons (Fsp3) is 0.333. The Kier molecular flexibility index (Phi) is 5.49. The highest BCUT2D eigenvalue weighted by molar-refractivity contribution is 5.91. The van der Waals surface area contributed by atoms with Crippen molar-refractivity contribution in [2.75, 3.05) is 0 Å². The molecule has 1 aliphatic carbocycles. The number of carbonyl (C=O) groups is 2. The van der Waals surface area contributed by atoms with Crippen LogP contribution in [0.15, 0.2) is 54.6 Å². The molecule has 0 bridgehead atoms. The van der Waals surface area contributed by atoms with E-state index in [9.17, 15) is 9.59 Å². The minimum absolute atomic E-state index is 0.00761. The largest absolute Gasteiger partial charge is 0.426 e. The zero-order chi connectivity index (χ0) is 17.6. The second-order valence-electron chi connectivity index (χ2n) is 6.60. The molecular formula is C21H22O4. The molecule has 0 aliphatic heterocycles. The average Bonchev–Trinajstić information content (AvgIpc) is 2.64. The molecule has 1 aliphatic rings. The van der Waals surface area contributed by atoms with E-state index < -0.39 is 5.97 Å². The van der Waals surface area contributed by atoms with E-state index in [-0.39, 0.29) is 11.9 Å². The molecule has 0 aromatic heterocycles. The fourth-order valence-electron chi connectivity index (χ4n) is 3.01. The van der Waals surface area contributed by atoms with Crippen molar-refractivity contribution in [3.05, 3.63) is 60.2 Å². The monoisotopic (exact) mass is 338 g/mol. The third-order valence-electron chi connectivity index (χ3n) is 4.61. The first-order chi connectivity index (χ1) is 12.1. The Morgan fingerprint density at radius 2 is 1.36 bits per heavy atom. The van der Waals surface area contributed by atoms with Gasteiger partial charge in [0.25, 0.3) is 0 Å². The van der Waals surface area contributed by atoms with Crippen molar-refractivity contribution < 1.29 is 19.1 Å². The average molecular weight is 338 g/mol. The molecule has 0 amide bonds. The van der Waals surface area contributed by atoms with Crippen LogP contribution in [0.4, 0.5) is 0 Å². The molecule has 0 atom stereocenters. The first-order valence-corrected chi connectivity index (χ1v) is 8.71. The van der Waals surface area contributed by atoms with Gasteiger partial charge in [-0.3, -0.25) is 4.79 Å². The lowest BCUT2D eigenvalue weighted by atomic mass is 9.83. The molecule has 0 unspecified atom stereocenters. The van der Waals surface area contributed by atoms with Crippen molar-refractivity contribution in [1.82, 2.24) is 0 Å². The van der Waals surface area contributed by atoms with Gasteiger partial charge in [-0.1, -0.05) is 25.1 Å². The SMILES string of the molecule is CC1CCC(C(=O)Oc2ccc(OC(=O)c3ccccc3)cc2)CC1. The molecule has 4 nitrogen and oxygen atoms in total. The van der Waals surface area contributed by atoms with Gasteiger partial charge in [-0.25, -0.2) is 4.79 Å². The van der Waals surface area contributed by atoms with Gasteiger partial charge in [0.05, 0.1) is 11.5 Å². The number of rotatable bonds is 4. The highest BCUT2D eigenvalue weighted by atomic mass is 16.5. The van der Waals surface area contributed by atoms with Crippen LogP contribution in [0.5, 0.6) is 11.5 Å². The summed E-state index contributed by atoms with van der Waals surface area (Å²) in [7, 11) is 0. The van der Waals surface area contributed by atoms with E-state index in [1.165, 1.54) is 0 Å². The summed E-state index contributed by atoms with van der Waals surface area (Å²) in [5, 5.41) is 0. The highest BCUT2D eigenvalue weighted by Gasteiger charge is 2.25. The van der Waals surface area contributed by atoms with Gasteiger partial charge in [-0.15, -0.1) is 0 Å². The fourth-order valence-corrected chi connectivity index (χ4v) is 3.01. The minimum Gasteiger partial charge on any atom is -0.426 e. The van der Waals surface area contributed by atoms with Crippen LogP contribution in [0.2, 0.25) is 0 Å². The van der Waals surface area contributed by atoms with E-state index in [0.717, 1.165) is 25.7 Å². The van der Waals surface area contributed by atoms with Crippen LogP contribution >= 0.6 is 0 Å². The number of carbonyl (C=O) groups excluding carboxylic acids is 2. The van der Waals surface area contributed by atoms with E-state index in [2.05, 4.69) is 6.92 Å². The Balaban J connectivity index is 1.55. The number of hydrogen-bond donors (Lipinski definition) is 0. The lowest BCUT2D eigenvalue weighted by Gasteiger charge is -2.24. The molecule has 25 heavy (non-hydrogen) atoms. The number of hydrogen-bond acceptors (Lipinski definition) is 4. The third-order valence-corrected chi connectivity index (χ3v) is 4.61. The number of benzene rings is 2. The van der Waals surface area contributed by atoms with E-state index in [0.29, 0.717) is 23.0 Å².